The lowest BCUT2D eigenvalue weighted by molar-refractivity contribution is 0.0929. The highest BCUT2D eigenvalue weighted by atomic mass is 79.9. The van der Waals surface area contributed by atoms with Gasteiger partial charge in [0.25, 0.3) is 5.91 Å². The van der Waals surface area contributed by atoms with Crippen LogP contribution in [0, 0.1) is 5.92 Å². The number of hydrogen-bond acceptors (Lipinski definition) is 2. The molecular formula is C12H15BrN2O. The van der Waals surface area contributed by atoms with Crippen LogP contribution in [0.1, 0.15) is 36.5 Å². The maximum Gasteiger partial charge on any atom is 0.253 e. The van der Waals surface area contributed by atoms with Gasteiger partial charge in [-0.05, 0) is 40.8 Å². The molecule has 1 heterocycles. The molecule has 1 fully saturated rings. The zero-order valence-corrected chi connectivity index (χ0v) is 10.8. The first kappa shape index (κ1) is 11.6. The van der Waals surface area contributed by atoms with Crippen molar-refractivity contribution in [3.8, 4) is 0 Å². The van der Waals surface area contributed by atoms with Crippen molar-refractivity contribution in [3.63, 3.8) is 0 Å². The summed E-state index contributed by atoms with van der Waals surface area (Å²) in [5.41, 5.74) is 0.619. The minimum atomic E-state index is -0.0208. The standard InChI is InChI=1S/C12H15BrN2O/c1-8-3-2-4-11(8)15-12(16)9-5-10(13)7-14-6-9/h5-8,11H,2-4H2,1H3,(H,15,16). The van der Waals surface area contributed by atoms with Crippen LogP contribution in [0.5, 0.6) is 0 Å². The Kier molecular flexibility index (Phi) is 3.59. The monoisotopic (exact) mass is 282 g/mol. The molecule has 16 heavy (non-hydrogen) atoms. The van der Waals surface area contributed by atoms with E-state index in [-0.39, 0.29) is 5.91 Å². The van der Waals surface area contributed by atoms with E-state index in [1.807, 2.05) is 0 Å². The van der Waals surface area contributed by atoms with Crippen molar-refractivity contribution < 1.29 is 4.79 Å². The predicted octanol–water partition coefficient (Wildman–Crippen LogP) is 2.76. The van der Waals surface area contributed by atoms with Crippen LogP contribution in [0.4, 0.5) is 0 Å². The number of nitrogens with one attached hydrogen (secondary N) is 1. The molecular weight excluding hydrogens is 268 g/mol. The van der Waals surface area contributed by atoms with E-state index in [1.54, 1.807) is 18.5 Å². The number of halogens is 1. The molecule has 1 amide bonds. The van der Waals surface area contributed by atoms with Crippen molar-refractivity contribution in [2.45, 2.75) is 32.2 Å². The molecule has 1 aromatic heterocycles. The molecule has 0 spiro atoms. The van der Waals surface area contributed by atoms with Crippen LogP contribution in [0.2, 0.25) is 0 Å². The summed E-state index contributed by atoms with van der Waals surface area (Å²) < 4.78 is 0.833. The normalized spacial score (nSPS) is 24.4. The summed E-state index contributed by atoms with van der Waals surface area (Å²) in [5, 5.41) is 3.07. The number of aromatic nitrogens is 1. The minimum Gasteiger partial charge on any atom is -0.349 e. The average Bonchev–Trinajstić information content (AvgIpc) is 2.64. The van der Waals surface area contributed by atoms with Crippen molar-refractivity contribution in [2.24, 2.45) is 5.92 Å². The number of carbonyl (C=O) groups is 1. The summed E-state index contributed by atoms with van der Waals surface area (Å²) in [6, 6.07) is 2.12. The summed E-state index contributed by atoms with van der Waals surface area (Å²) in [6.07, 6.45) is 6.79. The smallest absolute Gasteiger partial charge is 0.253 e. The van der Waals surface area contributed by atoms with Gasteiger partial charge in [-0.25, -0.2) is 0 Å². The maximum absolute atomic E-state index is 11.9. The Morgan fingerprint density at radius 2 is 2.31 bits per heavy atom. The lowest BCUT2D eigenvalue weighted by atomic mass is 10.1. The van der Waals surface area contributed by atoms with Crippen LogP contribution in [-0.4, -0.2) is 16.9 Å². The van der Waals surface area contributed by atoms with Crippen LogP contribution in [0.15, 0.2) is 22.9 Å². The van der Waals surface area contributed by atoms with Gasteiger partial charge >= 0.3 is 0 Å². The zero-order chi connectivity index (χ0) is 11.5. The van der Waals surface area contributed by atoms with Gasteiger partial charge in [-0.2, -0.15) is 0 Å². The van der Waals surface area contributed by atoms with Crippen LogP contribution in [-0.2, 0) is 0 Å². The summed E-state index contributed by atoms with van der Waals surface area (Å²) in [7, 11) is 0. The molecule has 2 atom stereocenters. The van der Waals surface area contributed by atoms with E-state index < -0.39 is 0 Å². The van der Waals surface area contributed by atoms with Gasteiger partial charge in [-0.3, -0.25) is 9.78 Å². The Hall–Kier alpha value is -0.900. The van der Waals surface area contributed by atoms with Crippen LogP contribution < -0.4 is 5.32 Å². The van der Waals surface area contributed by atoms with Crippen LogP contribution >= 0.6 is 15.9 Å². The average molecular weight is 283 g/mol. The summed E-state index contributed by atoms with van der Waals surface area (Å²) >= 11 is 3.31. The third kappa shape index (κ3) is 2.61. The fourth-order valence-corrected chi connectivity index (χ4v) is 2.51. The highest BCUT2D eigenvalue weighted by Crippen LogP contribution is 2.25. The van der Waals surface area contributed by atoms with Crippen molar-refractivity contribution in [3.05, 3.63) is 28.5 Å². The quantitative estimate of drug-likeness (QED) is 0.906. The molecule has 1 N–H and O–H groups in total. The molecule has 4 heteroatoms. The second-order valence-electron chi connectivity index (χ2n) is 4.38. The first-order chi connectivity index (χ1) is 7.66. The minimum absolute atomic E-state index is 0.0208. The fourth-order valence-electron chi connectivity index (χ4n) is 2.15. The molecule has 1 saturated carbocycles. The lowest BCUT2D eigenvalue weighted by Crippen LogP contribution is -2.36. The van der Waals surface area contributed by atoms with Gasteiger partial charge in [0.15, 0.2) is 0 Å². The zero-order valence-electron chi connectivity index (χ0n) is 9.24. The number of rotatable bonds is 2. The molecule has 0 radical (unpaired) electrons. The maximum atomic E-state index is 11.9. The first-order valence-corrected chi connectivity index (χ1v) is 6.37. The van der Waals surface area contributed by atoms with Gasteiger partial charge in [0.2, 0.25) is 0 Å². The fraction of sp³-hybridized carbons (Fsp3) is 0.500. The number of carbonyl (C=O) groups excluding carboxylic acids is 1. The topological polar surface area (TPSA) is 42.0 Å². The van der Waals surface area contributed by atoms with Crippen LogP contribution in [0.25, 0.3) is 0 Å². The van der Waals surface area contributed by atoms with Gasteiger partial charge in [0.1, 0.15) is 0 Å². The third-order valence-electron chi connectivity index (χ3n) is 3.15. The molecule has 2 unspecified atom stereocenters. The Balaban J connectivity index is 2.03. The van der Waals surface area contributed by atoms with Crippen molar-refractivity contribution in [2.75, 3.05) is 0 Å². The summed E-state index contributed by atoms with van der Waals surface area (Å²) in [6.45, 7) is 2.19. The molecule has 1 aliphatic rings. The van der Waals surface area contributed by atoms with Gasteiger partial charge in [-0.1, -0.05) is 13.3 Å². The van der Waals surface area contributed by atoms with Crippen molar-refractivity contribution in [1.82, 2.24) is 10.3 Å². The molecule has 1 aliphatic carbocycles. The second kappa shape index (κ2) is 4.95. The lowest BCUT2D eigenvalue weighted by Gasteiger charge is -2.17. The van der Waals surface area contributed by atoms with Gasteiger partial charge in [0.05, 0.1) is 5.56 Å². The number of nitrogens with zero attached hydrogens (tertiary/aromatic N) is 1. The largest absolute Gasteiger partial charge is 0.349 e. The second-order valence-corrected chi connectivity index (χ2v) is 5.30. The molecule has 0 aliphatic heterocycles. The Morgan fingerprint density at radius 1 is 1.50 bits per heavy atom. The third-order valence-corrected chi connectivity index (χ3v) is 3.58. The SMILES string of the molecule is CC1CCCC1NC(=O)c1cncc(Br)c1. The molecule has 0 bridgehead atoms. The highest BCUT2D eigenvalue weighted by Gasteiger charge is 2.25. The van der Waals surface area contributed by atoms with E-state index in [0.717, 1.165) is 10.9 Å². The number of amides is 1. The predicted molar refractivity (Wildman–Crippen MR) is 66.2 cm³/mol. The van der Waals surface area contributed by atoms with E-state index in [1.165, 1.54) is 12.8 Å². The number of pyridine rings is 1. The molecule has 3 nitrogen and oxygen atoms in total. The van der Waals surface area contributed by atoms with Crippen molar-refractivity contribution >= 4 is 21.8 Å². The molecule has 86 valence electrons. The van der Waals surface area contributed by atoms with E-state index in [4.69, 9.17) is 0 Å². The number of hydrogen-bond donors (Lipinski definition) is 1. The van der Waals surface area contributed by atoms with E-state index in [0.29, 0.717) is 17.5 Å². The van der Waals surface area contributed by atoms with Crippen LogP contribution in [0.3, 0.4) is 0 Å². The molecule has 1 aromatic rings. The molecule has 0 saturated heterocycles. The van der Waals surface area contributed by atoms with E-state index >= 15 is 0 Å². The Labute approximate surface area is 104 Å². The highest BCUT2D eigenvalue weighted by molar-refractivity contribution is 9.10. The Bertz CT molecular complexity index is 394. The molecule has 2 rings (SSSR count). The summed E-state index contributed by atoms with van der Waals surface area (Å²) in [4.78, 5) is 15.9. The van der Waals surface area contributed by atoms with E-state index in [2.05, 4.69) is 33.2 Å². The molecule has 0 aromatic carbocycles. The van der Waals surface area contributed by atoms with Gasteiger partial charge < -0.3 is 5.32 Å². The summed E-state index contributed by atoms with van der Waals surface area (Å²) in [5.74, 6) is 0.566. The van der Waals surface area contributed by atoms with Crippen molar-refractivity contribution in [1.29, 1.82) is 0 Å². The first-order valence-electron chi connectivity index (χ1n) is 5.58. The Morgan fingerprint density at radius 3 is 2.94 bits per heavy atom. The van der Waals surface area contributed by atoms with Gasteiger partial charge in [0, 0.05) is 22.9 Å². The van der Waals surface area contributed by atoms with E-state index in [9.17, 15) is 4.79 Å². The van der Waals surface area contributed by atoms with Gasteiger partial charge in [-0.15, -0.1) is 0 Å².